The maximum atomic E-state index is 13.0. The van der Waals surface area contributed by atoms with E-state index >= 15 is 0 Å². The fourth-order valence-electron chi connectivity index (χ4n) is 4.52. The van der Waals surface area contributed by atoms with Gasteiger partial charge >= 0.3 is 11.1 Å². The Bertz CT molecular complexity index is 1020. The van der Waals surface area contributed by atoms with E-state index in [2.05, 4.69) is 0 Å². The Hall–Kier alpha value is -2.00. The monoisotopic (exact) mass is 434 g/mol. The summed E-state index contributed by atoms with van der Waals surface area (Å²) in [5, 5.41) is 39.0. The largest absolute Gasteiger partial charge is 0.394 e. The van der Waals surface area contributed by atoms with E-state index < -0.39 is 36.0 Å². The van der Waals surface area contributed by atoms with E-state index in [1.807, 2.05) is 26.0 Å². The van der Waals surface area contributed by atoms with Gasteiger partial charge in [-0.15, -0.1) is 0 Å². The summed E-state index contributed by atoms with van der Waals surface area (Å²) >= 11 is 0. The number of aliphatic hydroxyl groups excluding tert-OH is 4. The fraction of sp³-hybridized carbons (Fsp3) is 0.652. The number of fused-ring (bicyclic) bond motifs is 1. The number of aliphatic hydroxyl groups is 4. The van der Waals surface area contributed by atoms with Crippen LogP contribution in [-0.4, -0.2) is 54.5 Å². The van der Waals surface area contributed by atoms with Gasteiger partial charge in [-0.05, 0) is 49.4 Å². The molecule has 0 bridgehead atoms. The zero-order valence-corrected chi connectivity index (χ0v) is 18.3. The number of hydrogen-bond acceptors (Lipinski definition) is 6. The lowest BCUT2D eigenvalue weighted by atomic mass is 9.87. The van der Waals surface area contributed by atoms with Gasteiger partial charge in [0.1, 0.15) is 18.3 Å². The summed E-state index contributed by atoms with van der Waals surface area (Å²) in [5.41, 5.74) is 1.61. The summed E-state index contributed by atoms with van der Waals surface area (Å²) in [6.45, 7) is 3.22. The van der Waals surface area contributed by atoms with Gasteiger partial charge in [0.15, 0.2) is 0 Å². The molecule has 1 saturated carbocycles. The molecule has 4 N–H and O–H groups in total. The molecule has 3 atom stereocenters. The highest BCUT2D eigenvalue weighted by atomic mass is 16.4. The minimum Gasteiger partial charge on any atom is -0.394 e. The molecule has 172 valence electrons. The van der Waals surface area contributed by atoms with Crippen molar-refractivity contribution < 1.29 is 20.4 Å². The highest BCUT2D eigenvalue weighted by Crippen LogP contribution is 2.27. The SMILES string of the molecule is Cc1cc2c(cc1C)n(CC(O)C(O)C(O)CO)c(=O)c(=O)n2CCC1CCCCC1. The average molecular weight is 435 g/mol. The number of aromatic nitrogens is 2. The lowest BCUT2D eigenvalue weighted by Crippen LogP contribution is -2.47. The van der Waals surface area contributed by atoms with Crippen LogP contribution in [0.15, 0.2) is 21.7 Å². The molecule has 1 heterocycles. The van der Waals surface area contributed by atoms with Gasteiger partial charge in [-0.3, -0.25) is 14.2 Å². The maximum absolute atomic E-state index is 13.0. The molecular formula is C23H34N2O6. The molecule has 1 aliphatic rings. The summed E-state index contributed by atoms with van der Waals surface area (Å²) in [5.74, 6) is 0.557. The first-order chi connectivity index (χ1) is 14.7. The Morgan fingerprint density at radius 3 is 2.03 bits per heavy atom. The Balaban J connectivity index is 2.03. The van der Waals surface area contributed by atoms with Crippen molar-refractivity contribution in [2.75, 3.05) is 6.61 Å². The minimum absolute atomic E-state index is 0.366. The molecule has 1 aromatic heterocycles. The molecule has 3 rings (SSSR count). The van der Waals surface area contributed by atoms with Crippen molar-refractivity contribution in [1.82, 2.24) is 9.13 Å². The Labute approximate surface area is 181 Å². The predicted molar refractivity (Wildman–Crippen MR) is 118 cm³/mol. The van der Waals surface area contributed by atoms with Crippen LogP contribution in [0.1, 0.15) is 49.7 Å². The second kappa shape index (κ2) is 10.1. The van der Waals surface area contributed by atoms with Gasteiger partial charge in [-0.25, -0.2) is 0 Å². The van der Waals surface area contributed by atoms with Crippen molar-refractivity contribution in [2.45, 2.75) is 83.8 Å². The molecule has 8 nitrogen and oxygen atoms in total. The Morgan fingerprint density at radius 2 is 1.45 bits per heavy atom. The van der Waals surface area contributed by atoms with E-state index in [0.717, 1.165) is 30.4 Å². The van der Waals surface area contributed by atoms with Gasteiger partial charge in [-0.2, -0.15) is 0 Å². The van der Waals surface area contributed by atoms with Crippen LogP contribution in [0, 0.1) is 19.8 Å². The normalized spacial score (nSPS) is 18.3. The molecule has 8 heteroatoms. The molecule has 0 radical (unpaired) electrons. The van der Waals surface area contributed by atoms with Crippen LogP contribution >= 0.6 is 0 Å². The standard InChI is InChI=1S/C23H34N2O6/c1-14-10-17-18(11-15(14)2)25(12-19(27)21(29)20(28)13-26)23(31)22(30)24(17)9-8-16-6-4-3-5-7-16/h10-11,16,19-21,26-29H,3-9,12-13H2,1-2H3. The zero-order valence-electron chi connectivity index (χ0n) is 18.3. The predicted octanol–water partition coefficient (Wildman–Crippen LogP) is 0.825. The maximum Gasteiger partial charge on any atom is 0.317 e. The van der Waals surface area contributed by atoms with Gasteiger partial charge in [0.25, 0.3) is 0 Å². The van der Waals surface area contributed by atoms with Crippen LogP contribution in [0.5, 0.6) is 0 Å². The van der Waals surface area contributed by atoms with Crippen molar-refractivity contribution in [3.63, 3.8) is 0 Å². The van der Waals surface area contributed by atoms with Crippen molar-refractivity contribution in [2.24, 2.45) is 5.92 Å². The van der Waals surface area contributed by atoms with Crippen LogP contribution in [0.4, 0.5) is 0 Å². The van der Waals surface area contributed by atoms with E-state index in [-0.39, 0.29) is 6.54 Å². The molecule has 0 saturated heterocycles. The number of rotatable bonds is 8. The van der Waals surface area contributed by atoms with Gasteiger partial charge in [0.05, 0.1) is 24.2 Å². The summed E-state index contributed by atoms with van der Waals surface area (Å²) in [6.07, 6.45) is 2.10. The Morgan fingerprint density at radius 1 is 0.903 bits per heavy atom. The molecule has 1 aromatic carbocycles. The summed E-state index contributed by atoms with van der Waals surface area (Å²) in [4.78, 5) is 26.0. The third kappa shape index (κ3) is 5.09. The lowest BCUT2D eigenvalue weighted by Gasteiger charge is -2.25. The van der Waals surface area contributed by atoms with E-state index in [1.54, 1.807) is 4.57 Å². The topological polar surface area (TPSA) is 125 Å². The third-order valence-electron chi connectivity index (χ3n) is 6.68. The van der Waals surface area contributed by atoms with Crippen LogP contribution in [0.2, 0.25) is 0 Å². The van der Waals surface area contributed by atoms with E-state index in [1.165, 1.54) is 23.8 Å². The van der Waals surface area contributed by atoms with Crippen LogP contribution < -0.4 is 11.1 Å². The van der Waals surface area contributed by atoms with Crippen LogP contribution in [0.25, 0.3) is 11.0 Å². The second-order valence-corrected chi connectivity index (χ2v) is 8.90. The first kappa shape index (κ1) is 23.7. The van der Waals surface area contributed by atoms with Gasteiger partial charge < -0.3 is 25.0 Å². The highest BCUT2D eigenvalue weighted by molar-refractivity contribution is 5.77. The molecule has 1 fully saturated rings. The van der Waals surface area contributed by atoms with Crippen molar-refractivity contribution in [1.29, 1.82) is 0 Å². The molecule has 0 amide bonds. The molecular weight excluding hydrogens is 400 g/mol. The summed E-state index contributed by atoms with van der Waals surface area (Å²) in [7, 11) is 0. The zero-order chi connectivity index (χ0) is 22.7. The highest BCUT2D eigenvalue weighted by Gasteiger charge is 2.26. The summed E-state index contributed by atoms with van der Waals surface area (Å²) < 4.78 is 2.71. The molecule has 0 aliphatic heterocycles. The average Bonchev–Trinajstić information content (AvgIpc) is 2.77. The summed E-state index contributed by atoms with van der Waals surface area (Å²) in [6, 6.07) is 3.69. The second-order valence-electron chi connectivity index (χ2n) is 8.90. The Kier molecular flexibility index (Phi) is 7.69. The number of aryl methyl sites for hydroxylation is 3. The van der Waals surface area contributed by atoms with Crippen LogP contribution in [-0.2, 0) is 13.1 Å². The van der Waals surface area contributed by atoms with Gasteiger partial charge in [0.2, 0.25) is 0 Å². The first-order valence-electron chi connectivity index (χ1n) is 11.1. The number of hydrogen-bond donors (Lipinski definition) is 4. The van der Waals surface area contributed by atoms with Crippen molar-refractivity contribution in [3.8, 4) is 0 Å². The number of nitrogens with zero attached hydrogens (tertiary/aromatic N) is 2. The van der Waals surface area contributed by atoms with Gasteiger partial charge in [0, 0.05) is 6.54 Å². The van der Waals surface area contributed by atoms with E-state index in [4.69, 9.17) is 5.11 Å². The minimum atomic E-state index is -1.65. The van der Waals surface area contributed by atoms with Gasteiger partial charge in [-0.1, -0.05) is 32.1 Å². The quantitative estimate of drug-likeness (QED) is 0.456. The molecule has 31 heavy (non-hydrogen) atoms. The third-order valence-corrected chi connectivity index (χ3v) is 6.68. The number of benzene rings is 1. The van der Waals surface area contributed by atoms with E-state index in [0.29, 0.717) is 23.5 Å². The van der Waals surface area contributed by atoms with E-state index in [9.17, 15) is 24.9 Å². The molecule has 0 spiro atoms. The molecule has 1 aliphatic carbocycles. The smallest absolute Gasteiger partial charge is 0.317 e. The fourth-order valence-corrected chi connectivity index (χ4v) is 4.52. The van der Waals surface area contributed by atoms with Crippen molar-refractivity contribution >= 4 is 11.0 Å². The lowest BCUT2D eigenvalue weighted by molar-refractivity contribution is -0.0805. The van der Waals surface area contributed by atoms with Crippen molar-refractivity contribution in [3.05, 3.63) is 44.0 Å². The van der Waals surface area contributed by atoms with Crippen LogP contribution in [0.3, 0.4) is 0 Å². The first-order valence-corrected chi connectivity index (χ1v) is 11.1. The molecule has 3 unspecified atom stereocenters. The molecule has 2 aromatic rings.